The molecule has 1 aromatic rings. The zero-order valence-corrected chi connectivity index (χ0v) is 13.7. The predicted molar refractivity (Wildman–Crippen MR) is 79.4 cm³/mol. The first-order valence-corrected chi connectivity index (χ1v) is 9.17. The van der Waals surface area contributed by atoms with E-state index in [4.69, 9.17) is 0 Å². The van der Waals surface area contributed by atoms with E-state index in [1.54, 1.807) is 11.8 Å². The Bertz CT molecular complexity index is 571. The van der Waals surface area contributed by atoms with E-state index in [0.717, 1.165) is 30.7 Å². The van der Waals surface area contributed by atoms with Crippen molar-refractivity contribution in [3.63, 3.8) is 0 Å². The fourth-order valence-electron chi connectivity index (χ4n) is 1.99. The molecule has 0 aromatic heterocycles. The molecule has 2 rings (SSSR count). The Labute approximate surface area is 125 Å². The quantitative estimate of drug-likeness (QED) is 0.888. The molecule has 0 spiro atoms. The summed E-state index contributed by atoms with van der Waals surface area (Å²) in [6.07, 6.45) is 2.12. The zero-order chi connectivity index (χ0) is 14.1. The van der Waals surface area contributed by atoms with Crippen LogP contribution >= 0.6 is 27.7 Å². The van der Waals surface area contributed by atoms with Gasteiger partial charge in [0, 0.05) is 15.8 Å². The first-order valence-electron chi connectivity index (χ1n) is 5.91. The number of benzene rings is 1. The van der Waals surface area contributed by atoms with Crippen LogP contribution in [-0.4, -0.2) is 25.5 Å². The third-order valence-electron chi connectivity index (χ3n) is 3.12. The van der Waals surface area contributed by atoms with Gasteiger partial charge in [0.05, 0.1) is 4.90 Å². The number of sulfonamides is 1. The Morgan fingerprint density at radius 3 is 2.84 bits per heavy atom. The van der Waals surface area contributed by atoms with Gasteiger partial charge in [-0.3, -0.25) is 0 Å². The first-order chi connectivity index (χ1) is 8.82. The number of nitrogens with one attached hydrogen (secondary N) is 1. The van der Waals surface area contributed by atoms with Crippen LogP contribution in [0.5, 0.6) is 0 Å². The van der Waals surface area contributed by atoms with Gasteiger partial charge in [0.25, 0.3) is 0 Å². The summed E-state index contributed by atoms with van der Waals surface area (Å²) in [4.78, 5) is 0.0699. The summed E-state index contributed by atoms with van der Waals surface area (Å²) in [5, 5.41) is 0. The number of hydrogen-bond acceptors (Lipinski definition) is 3. The second-order valence-electron chi connectivity index (χ2n) is 4.80. The van der Waals surface area contributed by atoms with E-state index in [9.17, 15) is 12.8 Å². The maximum absolute atomic E-state index is 13.0. The van der Waals surface area contributed by atoms with Crippen molar-refractivity contribution >= 4 is 37.7 Å². The molecule has 0 aliphatic carbocycles. The van der Waals surface area contributed by atoms with Crippen LogP contribution < -0.4 is 4.72 Å². The molecule has 1 atom stereocenters. The molecule has 0 amide bonds. The van der Waals surface area contributed by atoms with Crippen LogP contribution in [0.15, 0.2) is 27.6 Å². The highest BCUT2D eigenvalue weighted by Gasteiger charge is 2.31. The molecular formula is C12H15BrFNO2S2. The SMILES string of the molecule is CC1(CNS(=O)(=O)c2ccc(F)cc2Br)CCCS1. The van der Waals surface area contributed by atoms with E-state index in [2.05, 4.69) is 27.6 Å². The summed E-state index contributed by atoms with van der Waals surface area (Å²) in [5.74, 6) is 0.600. The monoisotopic (exact) mass is 367 g/mol. The van der Waals surface area contributed by atoms with Crippen molar-refractivity contribution in [2.75, 3.05) is 12.3 Å². The number of thioether (sulfide) groups is 1. The normalized spacial score (nSPS) is 23.7. The van der Waals surface area contributed by atoms with Gasteiger partial charge in [-0.2, -0.15) is 11.8 Å². The number of hydrogen-bond donors (Lipinski definition) is 1. The van der Waals surface area contributed by atoms with Crippen molar-refractivity contribution in [3.8, 4) is 0 Å². The summed E-state index contributed by atoms with van der Waals surface area (Å²) in [7, 11) is -3.61. The van der Waals surface area contributed by atoms with Gasteiger partial charge < -0.3 is 0 Å². The molecule has 7 heteroatoms. The lowest BCUT2D eigenvalue weighted by Gasteiger charge is -2.23. The van der Waals surface area contributed by atoms with Crippen molar-refractivity contribution in [3.05, 3.63) is 28.5 Å². The van der Waals surface area contributed by atoms with E-state index >= 15 is 0 Å². The molecule has 0 radical (unpaired) electrons. The van der Waals surface area contributed by atoms with E-state index < -0.39 is 15.8 Å². The van der Waals surface area contributed by atoms with Crippen LogP contribution in [0.2, 0.25) is 0 Å². The molecule has 3 nitrogen and oxygen atoms in total. The Kier molecular flexibility index (Phi) is 4.59. The standard InChI is InChI=1S/C12H15BrFNO2S2/c1-12(5-2-6-18-12)8-15-19(16,17)11-4-3-9(14)7-10(11)13/h3-4,7,15H,2,5-6,8H2,1H3. The number of halogens is 2. The molecule has 0 saturated carbocycles. The van der Waals surface area contributed by atoms with Crippen LogP contribution in [0.4, 0.5) is 4.39 Å². The largest absolute Gasteiger partial charge is 0.241 e. The van der Waals surface area contributed by atoms with Crippen LogP contribution in [0, 0.1) is 5.82 Å². The minimum Gasteiger partial charge on any atom is -0.210 e. The summed E-state index contributed by atoms with van der Waals surface area (Å²) >= 11 is 4.87. The molecule has 1 aliphatic rings. The average Bonchev–Trinajstić information content (AvgIpc) is 2.74. The van der Waals surface area contributed by atoms with Gasteiger partial charge in [0.2, 0.25) is 10.0 Å². The van der Waals surface area contributed by atoms with Crippen LogP contribution in [0.3, 0.4) is 0 Å². The third-order valence-corrected chi connectivity index (χ3v) is 7.04. The summed E-state index contributed by atoms with van der Waals surface area (Å²) in [6.45, 7) is 2.46. The molecular weight excluding hydrogens is 353 g/mol. The van der Waals surface area contributed by atoms with Crippen LogP contribution in [0.1, 0.15) is 19.8 Å². The molecule has 1 fully saturated rings. The second-order valence-corrected chi connectivity index (χ2v) is 9.07. The van der Waals surface area contributed by atoms with Gasteiger partial charge in [-0.1, -0.05) is 0 Å². The molecule has 1 unspecified atom stereocenters. The molecule has 1 N–H and O–H groups in total. The Hall–Kier alpha value is -0.110. The summed E-state index contributed by atoms with van der Waals surface area (Å²) in [5.41, 5.74) is 0. The molecule has 106 valence electrons. The fourth-order valence-corrected chi connectivity index (χ4v) is 5.55. The Morgan fingerprint density at radius 1 is 1.53 bits per heavy atom. The molecule has 1 heterocycles. The van der Waals surface area contributed by atoms with Gasteiger partial charge in [-0.05, 0) is 59.6 Å². The van der Waals surface area contributed by atoms with E-state index in [1.165, 1.54) is 6.07 Å². The molecule has 1 aliphatic heterocycles. The van der Waals surface area contributed by atoms with Crippen molar-refractivity contribution in [1.29, 1.82) is 0 Å². The van der Waals surface area contributed by atoms with Gasteiger partial charge >= 0.3 is 0 Å². The first kappa shape index (κ1) is 15.3. The highest BCUT2D eigenvalue weighted by atomic mass is 79.9. The van der Waals surface area contributed by atoms with Crippen molar-refractivity contribution in [2.45, 2.75) is 29.4 Å². The van der Waals surface area contributed by atoms with E-state index in [0.29, 0.717) is 6.54 Å². The topological polar surface area (TPSA) is 46.2 Å². The minimum atomic E-state index is -3.61. The Balaban J connectivity index is 2.14. The predicted octanol–water partition coefficient (Wildman–Crippen LogP) is 3.15. The zero-order valence-electron chi connectivity index (χ0n) is 10.4. The highest BCUT2D eigenvalue weighted by Crippen LogP contribution is 2.37. The van der Waals surface area contributed by atoms with Crippen LogP contribution in [0.25, 0.3) is 0 Å². The average molecular weight is 368 g/mol. The number of rotatable bonds is 4. The second kappa shape index (κ2) is 5.71. The van der Waals surface area contributed by atoms with Crippen molar-refractivity contribution in [2.24, 2.45) is 0 Å². The highest BCUT2D eigenvalue weighted by molar-refractivity contribution is 9.10. The van der Waals surface area contributed by atoms with Crippen molar-refractivity contribution < 1.29 is 12.8 Å². The summed E-state index contributed by atoms with van der Waals surface area (Å²) < 4.78 is 40.2. The lowest BCUT2D eigenvalue weighted by Crippen LogP contribution is -2.36. The third kappa shape index (κ3) is 3.71. The minimum absolute atomic E-state index is 0.0421. The molecule has 1 saturated heterocycles. The van der Waals surface area contributed by atoms with Crippen molar-refractivity contribution in [1.82, 2.24) is 4.72 Å². The lowest BCUT2D eigenvalue weighted by atomic mass is 10.1. The van der Waals surface area contributed by atoms with Crippen LogP contribution in [-0.2, 0) is 10.0 Å². The van der Waals surface area contributed by atoms with Gasteiger partial charge in [0.15, 0.2) is 0 Å². The Morgan fingerprint density at radius 2 is 2.26 bits per heavy atom. The summed E-state index contributed by atoms with van der Waals surface area (Å²) in [6, 6.07) is 3.57. The van der Waals surface area contributed by atoms with Gasteiger partial charge in [0.1, 0.15) is 5.82 Å². The molecule has 1 aromatic carbocycles. The molecule has 19 heavy (non-hydrogen) atoms. The lowest BCUT2D eigenvalue weighted by molar-refractivity contribution is 0.551. The van der Waals surface area contributed by atoms with E-state index in [1.807, 2.05) is 0 Å². The maximum Gasteiger partial charge on any atom is 0.241 e. The smallest absolute Gasteiger partial charge is 0.210 e. The maximum atomic E-state index is 13.0. The molecule has 0 bridgehead atoms. The van der Waals surface area contributed by atoms with Gasteiger partial charge in [-0.25, -0.2) is 17.5 Å². The van der Waals surface area contributed by atoms with E-state index in [-0.39, 0.29) is 14.1 Å². The fraction of sp³-hybridized carbons (Fsp3) is 0.500. The van der Waals surface area contributed by atoms with Gasteiger partial charge in [-0.15, -0.1) is 0 Å².